The predicted molar refractivity (Wildman–Crippen MR) is 140 cm³/mol. The molecule has 1 saturated heterocycles. The van der Waals surface area contributed by atoms with Crippen LogP contribution in [-0.4, -0.2) is 72.5 Å². The number of nitrogens with zero attached hydrogens (tertiary/aromatic N) is 1. The molecule has 1 fully saturated rings. The molecule has 0 atom stereocenters. The van der Waals surface area contributed by atoms with Gasteiger partial charge in [0.05, 0.1) is 42.7 Å². The van der Waals surface area contributed by atoms with Gasteiger partial charge in [0.25, 0.3) is 0 Å². The van der Waals surface area contributed by atoms with Crippen molar-refractivity contribution in [2.75, 3.05) is 55.7 Å². The Hall–Kier alpha value is -3.65. The molecular formula is C28H35NO7. The third-order valence-corrected chi connectivity index (χ3v) is 6.19. The largest absolute Gasteiger partial charge is 0.496 e. The number of hydrogen-bond acceptors (Lipinski definition) is 8. The van der Waals surface area contributed by atoms with Gasteiger partial charge in [0.15, 0.2) is 28.8 Å². The van der Waals surface area contributed by atoms with Crippen LogP contribution in [0.2, 0.25) is 0 Å². The fraction of sp³-hybridized carbons (Fsp3) is 0.393. The quantitative estimate of drug-likeness (QED) is 0.469. The highest BCUT2D eigenvalue weighted by Gasteiger charge is 2.28. The summed E-state index contributed by atoms with van der Waals surface area (Å²) in [4.78, 5) is 15.9. The van der Waals surface area contributed by atoms with E-state index >= 15 is 0 Å². The highest BCUT2D eigenvalue weighted by atomic mass is 16.5. The second-order valence-electron chi connectivity index (χ2n) is 8.57. The van der Waals surface area contributed by atoms with E-state index in [1.54, 1.807) is 54.8 Å². The van der Waals surface area contributed by atoms with Crippen molar-refractivity contribution < 1.29 is 33.2 Å². The lowest BCUT2D eigenvalue weighted by Gasteiger charge is -2.33. The highest BCUT2D eigenvalue weighted by Crippen LogP contribution is 2.38. The van der Waals surface area contributed by atoms with Crippen LogP contribution in [0.1, 0.15) is 25.0 Å². The maximum absolute atomic E-state index is 13.7. The fourth-order valence-corrected chi connectivity index (χ4v) is 4.14. The zero-order chi connectivity index (χ0) is 26.4. The minimum absolute atomic E-state index is 0.0411. The van der Waals surface area contributed by atoms with Crippen molar-refractivity contribution >= 4 is 17.9 Å². The van der Waals surface area contributed by atoms with Crippen LogP contribution in [0.15, 0.2) is 35.4 Å². The minimum Gasteiger partial charge on any atom is -0.496 e. The minimum atomic E-state index is -0.0411. The number of piperidine rings is 1. The molecule has 194 valence electrons. The molecule has 0 bridgehead atoms. The molecule has 0 N–H and O–H groups in total. The summed E-state index contributed by atoms with van der Waals surface area (Å²) in [5, 5.41) is 0. The standard InChI is InChI=1S/C28H35NO7/c1-17(2)29-15-20(9-18-11-24(33-5)26(35-7)13-22(18)31-3)28(30)21(16-29)10-19-12-25(34-6)27(36-8)14-23(19)32-4/h9-14,17H,15-16H2,1-8H3/b20-9+,21-10+. The van der Waals surface area contributed by atoms with Gasteiger partial charge < -0.3 is 28.4 Å². The molecule has 0 aromatic heterocycles. The molecular weight excluding hydrogens is 462 g/mol. The van der Waals surface area contributed by atoms with E-state index < -0.39 is 0 Å². The van der Waals surface area contributed by atoms with Crippen molar-refractivity contribution in [3.05, 3.63) is 46.5 Å². The molecule has 0 amide bonds. The van der Waals surface area contributed by atoms with Gasteiger partial charge in [-0.2, -0.15) is 0 Å². The van der Waals surface area contributed by atoms with E-state index in [4.69, 9.17) is 28.4 Å². The van der Waals surface area contributed by atoms with Gasteiger partial charge in [-0.05, 0) is 38.1 Å². The lowest BCUT2D eigenvalue weighted by molar-refractivity contribution is -0.113. The van der Waals surface area contributed by atoms with Gasteiger partial charge in [-0.25, -0.2) is 0 Å². The Balaban J connectivity index is 2.13. The Bertz CT molecular complexity index is 1080. The summed E-state index contributed by atoms with van der Waals surface area (Å²) in [6.07, 6.45) is 3.72. The van der Waals surface area contributed by atoms with Crippen LogP contribution < -0.4 is 28.4 Å². The van der Waals surface area contributed by atoms with Crippen LogP contribution in [0.3, 0.4) is 0 Å². The van der Waals surface area contributed by atoms with Crippen molar-refractivity contribution in [3.63, 3.8) is 0 Å². The number of ether oxygens (including phenoxy) is 6. The smallest absolute Gasteiger partial charge is 0.187 e. The number of rotatable bonds is 9. The topological polar surface area (TPSA) is 75.7 Å². The molecule has 0 radical (unpaired) electrons. The third kappa shape index (κ3) is 5.60. The van der Waals surface area contributed by atoms with E-state index in [1.807, 2.05) is 24.3 Å². The van der Waals surface area contributed by atoms with Gasteiger partial charge in [0.2, 0.25) is 0 Å². The van der Waals surface area contributed by atoms with Crippen molar-refractivity contribution in [2.24, 2.45) is 0 Å². The number of carbonyl (C=O) groups is 1. The van der Waals surface area contributed by atoms with Gasteiger partial charge >= 0.3 is 0 Å². The Morgan fingerprint density at radius 3 is 1.25 bits per heavy atom. The number of hydrogen-bond donors (Lipinski definition) is 0. The summed E-state index contributed by atoms with van der Waals surface area (Å²) in [5.41, 5.74) is 2.75. The van der Waals surface area contributed by atoms with Gasteiger partial charge in [0.1, 0.15) is 11.5 Å². The SMILES string of the molecule is COc1cc(OC)c(OC)cc1/C=C1\CN(C(C)C)C/C(=C\c2cc(OC)c(OC)cc2OC)C1=O. The molecule has 36 heavy (non-hydrogen) atoms. The maximum Gasteiger partial charge on any atom is 0.187 e. The van der Waals surface area contributed by atoms with E-state index in [-0.39, 0.29) is 11.8 Å². The molecule has 0 aliphatic carbocycles. The molecule has 3 rings (SSSR count). The molecule has 2 aromatic carbocycles. The maximum atomic E-state index is 13.7. The lowest BCUT2D eigenvalue weighted by atomic mass is 9.93. The summed E-state index contributed by atoms with van der Waals surface area (Å²) >= 11 is 0. The Morgan fingerprint density at radius 2 is 0.944 bits per heavy atom. The zero-order valence-electron chi connectivity index (χ0n) is 22.3. The molecule has 1 aliphatic heterocycles. The second kappa shape index (κ2) is 11.9. The van der Waals surface area contributed by atoms with Crippen LogP contribution in [0.25, 0.3) is 12.2 Å². The van der Waals surface area contributed by atoms with E-state index in [0.29, 0.717) is 58.7 Å². The average Bonchev–Trinajstić information content (AvgIpc) is 2.89. The van der Waals surface area contributed by atoms with E-state index in [1.165, 1.54) is 0 Å². The van der Waals surface area contributed by atoms with Gasteiger partial charge in [-0.1, -0.05) is 0 Å². The number of benzene rings is 2. The highest BCUT2D eigenvalue weighted by molar-refractivity contribution is 6.15. The molecule has 8 heteroatoms. The molecule has 2 aromatic rings. The van der Waals surface area contributed by atoms with Crippen molar-refractivity contribution in [2.45, 2.75) is 19.9 Å². The Kier molecular flexibility index (Phi) is 8.88. The van der Waals surface area contributed by atoms with Crippen LogP contribution in [0, 0.1) is 0 Å². The summed E-state index contributed by atoms with van der Waals surface area (Å²) in [6.45, 7) is 5.24. The molecule has 1 aliphatic rings. The van der Waals surface area contributed by atoms with Crippen LogP contribution in [0.5, 0.6) is 34.5 Å². The number of carbonyl (C=O) groups excluding carboxylic acids is 1. The van der Waals surface area contributed by atoms with Crippen molar-refractivity contribution in [1.82, 2.24) is 4.90 Å². The van der Waals surface area contributed by atoms with Crippen LogP contribution >= 0.6 is 0 Å². The lowest BCUT2D eigenvalue weighted by Crippen LogP contribution is -2.41. The average molecular weight is 498 g/mol. The number of Topliss-reactive ketones (excluding diaryl/α,β-unsaturated/α-hetero) is 1. The third-order valence-electron chi connectivity index (χ3n) is 6.19. The van der Waals surface area contributed by atoms with Crippen molar-refractivity contribution in [1.29, 1.82) is 0 Å². The summed E-state index contributed by atoms with van der Waals surface area (Å²) in [5.74, 6) is 3.34. The summed E-state index contributed by atoms with van der Waals surface area (Å²) < 4.78 is 32.9. The molecule has 0 unspecified atom stereocenters. The van der Waals surface area contributed by atoms with Crippen molar-refractivity contribution in [3.8, 4) is 34.5 Å². The first-order chi connectivity index (χ1) is 17.3. The zero-order valence-corrected chi connectivity index (χ0v) is 22.3. The normalized spacial score (nSPS) is 16.4. The first-order valence-corrected chi connectivity index (χ1v) is 11.6. The molecule has 0 saturated carbocycles. The summed E-state index contributed by atoms with van der Waals surface area (Å²) in [7, 11) is 9.46. The molecule has 8 nitrogen and oxygen atoms in total. The van der Waals surface area contributed by atoms with Crippen LogP contribution in [0.4, 0.5) is 0 Å². The fourth-order valence-electron chi connectivity index (χ4n) is 4.14. The first kappa shape index (κ1) is 26.9. The van der Waals surface area contributed by atoms with E-state index in [2.05, 4.69) is 18.7 Å². The summed E-state index contributed by atoms with van der Waals surface area (Å²) in [6, 6.07) is 7.36. The van der Waals surface area contributed by atoms with Gasteiger partial charge in [-0.3, -0.25) is 9.69 Å². The Labute approximate surface area is 213 Å². The van der Waals surface area contributed by atoms with E-state index in [0.717, 1.165) is 11.1 Å². The molecule has 0 spiro atoms. The van der Waals surface area contributed by atoms with Gasteiger partial charge in [-0.15, -0.1) is 0 Å². The second-order valence-corrected chi connectivity index (χ2v) is 8.57. The molecule has 1 heterocycles. The van der Waals surface area contributed by atoms with E-state index in [9.17, 15) is 4.79 Å². The Morgan fingerprint density at radius 1 is 0.611 bits per heavy atom. The van der Waals surface area contributed by atoms with Gasteiger partial charge in [0, 0.05) is 53.5 Å². The number of ketones is 1. The number of methoxy groups -OCH3 is 6. The predicted octanol–water partition coefficient (Wildman–Crippen LogP) is 4.50. The number of likely N-dealkylation sites (tertiary alicyclic amines) is 1. The monoisotopic (exact) mass is 497 g/mol. The van der Waals surface area contributed by atoms with Crippen LogP contribution in [-0.2, 0) is 4.79 Å². The first-order valence-electron chi connectivity index (χ1n) is 11.6.